The molecule has 0 bridgehead atoms. The summed E-state index contributed by atoms with van der Waals surface area (Å²) in [4.78, 5) is 4.92. The van der Waals surface area contributed by atoms with Gasteiger partial charge in [0.1, 0.15) is 0 Å². The quantitative estimate of drug-likeness (QED) is 0.873. The zero-order chi connectivity index (χ0) is 14.0. The van der Waals surface area contributed by atoms with Crippen molar-refractivity contribution >= 4 is 16.6 Å². The first-order valence-electron chi connectivity index (χ1n) is 7.14. The van der Waals surface area contributed by atoms with E-state index in [4.69, 9.17) is 4.98 Å². The molecule has 0 spiro atoms. The van der Waals surface area contributed by atoms with Crippen molar-refractivity contribution in [1.29, 1.82) is 0 Å². The molecule has 0 unspecified atom stereocenters. The van der Waals surface area contributed by atoms with Gasteiger partial charge in [-0.2, -0.15) is 0 Å². The number of rotatable bonds is 3. The van der Waals surface area contributed by atoms with Crippen LogP contribution in [0.2, 0.25) is 0 Å². The minimum Gasteiger partial charge on any atom is -0.385 e. The molecule has 2 aromatic rings. The number of pyridine rings is 1. The molecule has 1 N–H and O–H groups in total. The minimum absolute atomic E-state index is 0.0687. The monoisotopic (exact) mass is 256 g/mol. The Hall–Kier alpha value is -1.57. The average molecular weight is 256 g/mol. The Balaban J connectivity index is 2.76. The fourth-order valence-electron chi connectivity index (χ4n) is 2.31. The SMILES string of the molecule is CCNc1cc(C(C)(C)C)nc2c(CC)cccc12. The molecule has 0 atom stereocenters. The number of aromatic nitrogens is 1. The van der Waals surface area contributed by atoms with Gasteiger partial charge in [-0.3, -0.25) is 4.98 Å². The van der Waals surface area contributed by atoms with Crippen LogP contribution in [0.4, 0.5) is 5.69 Å². The van der Waals surface area contributed by atoms with Crippen LogP contribution >= 0.6 is 0 Å². The third-order valence-electron chi connectivity index (χ3n) is 3.44. The molecule has 2 nitrogen and oxygen atoms in total. The van der Waals surface area contributed by atoms with Gasteiger partial charge in [0.2, 0.25) is 0 Å². The lowest BCUT2D eigenvalue weighted by Crippen LogP contribution is -2.15. The summed E-state index contributed by atoms with van der Waals surface area (Å²) in [6, 6.07) is 8.66. The van der Waals surface area contributed by atoms with Crippen LogP contribution in [0.5, 0.6) is 0 Å². The molecule has 0 fully saturated rings. The highest BCUT2D eigenvalue weighted by Crippen LogP contribution is 2.30. The largest absolute Gasteiger partial charge is 0.385 e. The summed E-state index contributed by atoms with van der Waals surface area (Å²) >= 11 is 0. The number of nitrogens with one attached hydrogen (secondary N) is 1. The van der Waals surface area contributed by atoms with Crippen molar-refractivity contribution in [3.8, 4) is 0 Å². The Morgan fingerprint density at radius 2 is 1.89 bits per heavy atom. The van der Waals surface area contributed by atoms with E-state index in [0.717, 1.165) is 24.2 Å². The van der Waals surface area contributed by atoms with Crippen molar-refractivity contribution < 1.29 is 0 Å². The van der Waals surface area contributed by atoms with Gasteiger partial charge < -0.3 is 5.32 Å². The topological polar surface area (TPSA) is 24.9 Å². The zero-order valence-electron chi connectivity index (χ0n) is 12.7. The molecule has 1 aromatic heterocycles. The average Bonchev–Trinajstić information content (AvgIpc) is 2.37. The first-order valence-corrected chi connectivity index (χ1v) is 7.14. The van der Waals surface area contributed by atoms with Crippen LogP contribution in [0.3, 0.4) is 0 Å². The van der Waals surface area contributed by atoms with Gasteiger partial charge in [0.05, 0.1) is 5.52 Å². The summed E-state index contributed by atoms with van der Waals surface area (Å²) in [6.45, 7) is 11.9. The van der Waals surface area contributed by atoms with Crippen molar-refractivity contribution in [1.82, 2.24) is 4.98 Å². The minimum atomic E-state index is 0.0687. The molecule has 1 heterocycles. The van der Waals surface area contributed by atoms with Crippen LogP contribution in [0.25, 0.3) is 10.9 Å². The number of hydrogen-bond acceptors (Lipinski definition) is 2. The van der Waals surface area contributed by atoms with Gasteiger partial charge in [0.25, 0.3) is 0 Å². The third-order valence-corrected chi connectivity index (χ3v) is 3.44. The number of anilines is 1. The Morgan fingerprint density at radius 3 is 2.47 bits per heavy atom. The van der Waals surface area contributed by atoms with E-state index in [-0.39, 0.29) is 5.41 Å². The number of aryl methyl sites for hydroxylation is 1. The third kappa shape index (κ3) is 2.73. The van der Waals surface area contributed by atoms with Gasteiger partial charge in [-0.15, -0.1) is 0 Å². The van der Waals surface area contributed by atoms with Gasteiger partial charge in [-0.25, -0.2) is 0 Å². The Labute approximate surface area is 116 Å². The molecule has 0 amide bonds. The number of para-hydroxylation sites is 1. The van der Waals surface area contributed by atoms with Crippen molar-refractivity contribution in [2.45, 2.75) is 46.5 Å². The lowest BCUT2D eigenvalue weighted by molar-refractivity contribution is 0.571. The second kappa shape index (κ2) is 5.20. The van der Waals surface area contributed by atoms with Crippen molar-refractivity contribution in [2.24, 2.45) is 0 Å². The van der Waals surface area contributed by atoms with Crippen LogP contribution in [0.1, 0.15) is 45.9 Å². The summed E-state index contributed by atoms with van der Waals surface area (Å²) in [7, 11) is 0. The summed E-state index contributed by atoms with van der Waals surface area (Å²) in [5.41, 5.74) is 4.89. The fraction of sp³-hybridized carbons (Fsp3) is 0.471. The molecule has 102 valence electrons. The predicted octanol–water partition coefficient (Wildman–Crippen LogP) is 4.53. The number of fused-ring (bicyclic) bond motifs is 1. The molecular formula is C17H24N2. The van der Waals surface area contributed by atoms with E-state index in [1.165, 1.54) is 16.6 Å². The van der Waals surface area contributed by atoms with Gasteiger partial charge in [0, 0.05) is 28.7 Å². The molecule has 2 rings (SSSR count). The van der Waals surface area contributed by atoms with E-state index in [1.54, 1.807) is 0 Å². The zero-order valence-corrected chi connectivity index (χ0v) is 12.7. The van der Waals surface area contributed by atoms with Crippen LogP contribution in [0, 0.1) is 0 Å². The first kappa shape index (κ1) is 13.9. The van der Waals surface area contributed by atoms with E-state index >= 15 is 0 Å². The molecular weight excluding hydrogens is 232 g/mol. The molecule has 0 saturated carbocycles. The maximum atomic E-state index is 4.92. The van der Waals surface area contributed by atoms with Crippen LogP contribution in [-0.4, -0.2) is 11.5 Å². The number of hydrogen-bond donors (Lipinski definition) is 1. The number of benzene rings is 1. The van der Waals surface area contributed by atoms with Crippen molar-refractivity contribution in [3.05, 3.63) is 35.5 Å². The number of nitrogens with zero attached hydrogens (tertiary/aromatic N) is 1. The highest BCUT2D eigenvalue weighted by Gasteiger charge is 2.18. The van der Waals surface area contributed by atoms with Crippen LogP contribution < -0.4 is 5.32 Å². The highest BCUT2D eigenvalue weighted by atomic mass is 14.9. The molecule has 2 heteroatoms. The van der Waals surface area contributed by atoms with Gasteiger partial charge in [0.15, 0.2) is 0 Å². The molecule has 0 radical (unpaired) electrons. The summed E-state index contributed by atoms with van der Waals surface area (Å²) < 4.78 is 0. The maximum Gasteiger partial charge on any atom is 0.0758 e. The smallest absolute Gasteiger partial charge is 0.0758 e. The Kier molecular flexibility index (Phi) is 3.79. The standard InChI is InChI=1S/C17H24N2/c1-6-12-9-8-10-13-14(18-7-2)11-15(17(3,4)5)19-16(12)13/h8-11H,6-7H2,1-5H3,(H,18,19). The Morgan fingerprint density at radius 1 is 1.16 bits per heavy atom. The van der Waals surface area contributed by atoms with E-state index < -0.39 is 0 Å². The lowest BCUT2D eigenvalue weighted by Gasteiger charge is -2.21. The molecule has 0 saturated heterocycles. The normalized spacial score (nSPS) is 11.8. The van der Waals surface area contributed by atoms with Crippen LogP contribution in [0.15, 0.2) is 24.3 Å². The predicted molar refractivity (Wildman–Crippen MR) is 84.0 cm³/mol. The van der Waals surface area contributed by atoms with E-state index in [0.29, 0.717) is 0 Å². The van der Waals surface area contributed by atoms with Gasteiger partial charge in [-0.1, -0.05) is 45.9 Å². The fourth-order valence-corrected chi connectivity index (χ4v) is 2.31. The Bertz CT molecular complexity index is 580. The second-order valence-corrected chi connectivity index (χ2v) is 6.00. The molecule has 0 aliphatic heterocycles. The summed E-state index contributed by atoms with van der Waals surface area (Å²) in [5, 5.41) is 4.71. The molecule has 1 aromatic carbocycles. The maximum absolute atomic E-state index is 4.92. The van der Waals surface area contributed by atoms with Crippen molar-refractivity contribution in [2.75, 3.05) is 11.9 Å². The summed E-state index contributed by atoms with van der Waals surface area (Å²) in [5.74, 6) is 0. The van der Waals surface area contributed by atoms with E-state index in [9.17, 15) is 0 Å². The van der Waals surface area contributed by atoms with E-state index in [1.807, 2.05) is 0 Å². The van der Waals surface area contributed by atoms with Crippen LogP contribution in [-0.2, 0) is 11.8 Å². The highest BCUT2D eigenvalue weighted by molar-refractivity contribution is 5.93. The lowest BCUT2D eigenvalue weighted by atomic mass is 9.90. The summed E-state index contributed by atoms with van der Waals surface area (Å²) in [6.07, 6.45) is 1.02. The van der Waals surface area contributed by atoms with E-state index in [2.05, 4.69) is 64.2 Å². The molecule has 0 aliphatic rings. The van der Waals surface area contributed by atoms with Gasteiger partial charge in [-0.05, 0) is 25.0 Å². The second-order valence-electron chi connectivity index (χ2n) is 6.00. The molecule has 19 heavy (non-hydrogen) atoms. The van der Waals surface area contributed by atoms with Gasteiger partial charge >= 0.3 is 0 Å². The van der Waals surface area contributed by atoms with Crippen molar-refractivity contribution in [3.63, 3.8) is 0 Å². The molecule has 0 aliphatic carbocycles. The first-order chi connectivity index (χ1) is 8.97.